The first kappa shape index (κ1) is 13.2. The summed E-state index contributed by atoms with van der Waals surface area (Å²) < 4.78 is 0. The Hall–Kier alpha value is -1.28. The Morgan fingerprint density at radius 2 is 2.06 bits per heavy atom. The zero-order valence-electron chi connectivity index (χ0n) is 10.8. The Labute approximate surface area is 111 Å². The van der Waals surface area contributed by atoms with Crippen molar-refractivity contribution in [1.82, 2.24) is 15.0 Å². The Morgan fingerprint density at radius 1 is 1.22 bits per heavy atom. The number of thioether (sulfide) groups is 1. The minimum absolute atomic E-state index is 0.403. The molecule has 1 aromatic rings. The topological polar surface area (TPSA) is 83.2 Å². The number of hydrogen-bond donors (Lipinski definition) is 2. The normalized spacial score (nSPS) is 16.3. The molecule has 3 N–H and O–H groups in total. The van der Waals surface area contributed by atoms with Crippen molar-refractivity contribution in [2.45, 2.75) is 6.42 Å². The molecule has 0 saturated carbocycles. The van der Waals surface area contributed by atoms with E-state index in [1.807, 2.05) is 30.8 Å². The van der Waals surface area contributed by atoms with Crippen molar-refractivity contribution in [1.29, 1.82) is 0 Å². The number of hydrazine groups is 1. The maximum absolute atomic E-state index is 5.40. The molecule has 1 fully saturated rings. The highest BCUT2D eigenvalue weighted by Gasteiger charge is 2.15. The van der Waals surface area contributed by atoms with E-state index in [0.29, 0.717) is 17.8 Å². The number of aromatic nitrogens is 3. The summed E-state index contributed by atoms with van der Waals surface area (Å²) in [7, 11) is 3.80. The Kier molecular flexibility index (Phi) is 4.43. The molecule has 0 amide bonds. The van der Waals surface area contributed by atoms with Crippen LogP contribution in [-0.2, 0) is 0 Å². The minimum atomic E-state index is 0.403. The fourth-order valence-electron chi connectivity index (χ4n) is 1.71. The molecule has 1 aliphatic rings. The van der Waals surface area contributed by atoms with Gasteiger partial charge in [-0.3, -0.25) is 5.43 Å². The highest BCUT2D eigenvalue weighted by atomic mass is 32.2. The van der Waals surface area contributed by atoms with Crippen LogP contribution in [0, 0.1) is 0 Å². The molecule has 0 radical (unpaired) electrons. The predicted molar refractivity (Wildman–Crippen MR) is 76.1 cm³/mol. The Morgan fingerprint density at radius 3 is 2.78 bits per heavy atom. The summed E-state index contributed by atoms with van der Waals surface area (Å²) in [4.78, 5) is 17.0. The zero-order valence-corrected chi connectivity index (χ0v) is 11.6. The van der Waals surface area contributed by atoms with E-state index >= 15 is 0 Å². The van der Waals surface area contributed by atoms with E-state index in [2.05, 4.69) is 25.3 Å². The summed E-state index contributed by atoms with van der Waals surface area (Å²) in [5.74, 6) is 9.43. The molecule has 0 spiro atoms. The number of nitrogens with one attached hydrogen (secondary N) is 1. The van der Waals surface area contributed by atoms with Crippen LogP contribution in [0.4, 0.5) is 17.8 Å². The lowest BCUT2D eigenvalue weighted by atomic mass is 10.4. The summed E-state index contributed by atoms with van der Waals surface area (Å²) in [6.45, 7) is 1.94. The molecular formula is C10H19N7S. The van der Waals surface area contributed by atoms with Gasteiger partial charge in [-0.25, -0.2) is 5.84 Å². The third kappa shape index (κ3) is 3.14. The summed E-state index contributed by atoms with van der Waals surface area (Å²) >= 11 is 1.97. The second-order valence-electron chi connectivity index (χ2n) is 4.25. The maximum atomic E-state index is 5.40. The monoisotopic (exact) mass is 269 g/mol. The second kappa shape index (κ2) is 6.05. The number of hydrogen-bond acceptors (Lipinski definition) is 8. The Bertz CT molecular complexity index is 390. The van der Waals surface area contributed by atoms with Gasteiger partial charge in [-0.15, -0.1) is 0 Å². The quantitative estimate of drug-likeness (QED) is 0.593. The Balaban J connectivity index is 2.27. The molecule has 0 unspecified atom stereocenters. The summed E-state index contributed by atoms with van der Waals surface area (Å²) in [6.07, 6.45) is 1.15. The smallest absolute Gasteiger partial charge is 0.243 e. The molecule has 1 saturated heterocycles. The highest BCUT2D eigenvalue weighted by molar-refractivity contribution is 7.99. The lowest BCUT2D eigenvalue weighted by Crippen LogP contribution is -2.29. The molecule has 0 atom stereocenters. The third-order valence-electron chi connectivity index (χ3n) is 2.65. The van der Waals surface area contributed by atoms with Crippen LogP contribution in [0.15, 0.2) is 0 Å². The van der Waals surface area contributed by atoms with Crippen LogP contribution in [0.5, 0.6) is 0 Å². The number of nitrogens with zero attached hydrogens (tertiary/aromatic N) is 5. The van der Waals surface area contributed by atoms with Gasteiger partial charge in [0.15, 0.2) is 0 Å². The summed E-state index contributed by atoms with van der Waals surface area (Å²) in [5.41, 5.74) is 2.50. The van der Waals surface area contributed by atoms with Crippen molar-refractivity contribution in [3.05, 3.63) is 0 Å². The van der Waals surface area contributed by atoms with Gasteiger partial charge in [0.1, 0.15) is 0 Å². The molecule has 2 heterocycles. The van der Waals surface area contributed by atoms with E-state index in [9.17, 15) is 0 Å². The second-order valence-corrected chi connectivity index (χ2v) is 5.48. The van der Waals surface area contributed by atoms with Gasteiger partial charge in [0.25, 0.3) is 0 Å². The SMILES string of the molecule is CN(C)c1nc(NN)nc(N2CCCSCC2)n1. The van der Waals surface area contributed by atoms with Gasteiger partial charge < -0.3 is 9.80 Å². The van der Waals surface area contributed by atoms with Gasteiger partial charge in [-0.2, -0.15) is 26.7 Å². The maximum Gasteiger partial charge on any atom is 0.243 e. The van der Waals surface area contributed by atoms with Crippen molar-refractivity contribution >= 4 is 29.6 Å². The fraction of sp³-hybridized carbons (Fsp3) is 0.700. The predicted octanol–water partition coefficient (Wildman–Crippen LogP) is 0.166. The molecule has 0 aliphatic carbocycles. The van der Waals surface area contributed by atoms with E-state index in [0.717, 1.165) is 25.3 Å². The van der Waals surface area contributed by atoms with E-state index in [-0.39, 0.29) is 0 Å². The molecule has 18 heavy (non-hydrogen) atoms. The molecular weight excluding hydrogens is 250 g/mol. The standard InChI is InChI=1S/C10H19N7S/c1-16(2)9-12-8(15-11)13-10(14-9)17-4-3-6-18-7-5-17/h3-7,11H2,1-2H3,(H,12,13,14,15). The largest absolute Gasteiger partial charge is 0.347 e. The van der Waals surface area contributed by atoms with Crippen LogP contribution in [0.2, 0.25) is 0 Å². The minimum Gasteiger partial charge on any atom is -0.347 e. The van der Waals surface area contributed by atoms with Gasteiger partial charge in [-0.05, 0) is 12.2 Å². The summed E-state index contributed by atoms with van der Waals surface area (Å²) in [5, 5.41) is 0. The molecule has 0 aromatic carbocycles. The zero-order chi connectivity index (χ0) is 13.0. The van der Waals surface area contributed by atoms with Crippen molar-refractivity contribution in [2.24, 2.45) is 5.84 Å². The van der Waals surface area contributed by atoms with Gasteiger partial charge in [0.2, 0.25) is 17.8 Å². The molecule has 0 bridgehead atoms. The number of nitrogen functional groups attached to an aromatic ring is 1. The third-order valence-corrected chi connectivity index (χ3v) is 3.69. The number of anilines is 3. The lowest BCUT2D eigenvalue weighted by Gasteiger charge is -2.21. The molecule has 7 nitrogen and oxygen atoms in total. The molecule has 2 rings (SSSR count). The van der Waals surface area contributed by atoms with Crippen LogP contribution >= 0.6 is 11.8 Å². The van der Waals surface area contributed by atoms with Crippen molar-refractivity contribution in [2.75, 3.05) is 53.9 Å². The van der Waals surface area contributed by atoms with Crippen molar-refractivity contribution in [3.63, 3.8) is 0 Å². The van der Waals surface area contributed by atoms with Gasteiger partial charge >= 0.3 is 0 Å². The van der Waals surface area contributed by atoms with E-state index in [1.165, 1.54) is 5.75 Å². The number of nitrogens with two attached hydrogens (primary N) is 1. The van der Waals surface area contributed by atoms with Crippen molar-refractivity contribution in [3.8, 4) is 0 Å². The highest BCUT2D eigenvalue weighted by Crippen LogP contribution is 2.18. The fourth-order valence-corrected chi connectivity index (χ4v) is 2.59. The average molecular weight is 269 g/mol. The first-order valence-electron chi connectivity index (χ1n) is 5.93. The van der Waals surface area contributed by atoms with E-state index in [1.54, 1.807) is 0 Å². The van der Waals surface area contributed by atoms with Crippen LogP contribution in [0.1, 0.15) is 6.42 Å². The molecule has 1 aliphatic heterocycles. The molecule has 1 aromatic heterocycles. The van der Waals surface area contributed by atoms with E-state index < -0.39 is 0 Å². The van der Waals surface area contributed by atoms with Gasteiger partial charge in [0.05, 0.1) is 0 Å². The molecule has 8 heteroatoms. The van der Waals surface area contributed by atoms with Crippen LogP contribution in [0.25, 0.3) is 0 Å². The lowest BCUT2D eigenvalue weighted by molar-refractivity contribution is 0.774. The van der Waals surface area contributed by atoms with Gasteiger partial charge in [0, 0.05) is 32.9 Å². The average Bonchev–Trinajstić information content (AvgIpc) is 2.67. The van der Waals surface area contributed by atoms with Crippen LogP contribution < -0.4 is 21.1 Å². The number of rotatable bonds is 3. The van der Waals surface area contributed by atoms with E-state index in [4.69, 9.17) is 5.84 Å². The van der Waals surface area contributed by atoms with Gasteiger partial charge in [-0.1, -0.05) is 0 Å². The van der Waals surface area contributed by atoms with Crippen LogP contribution in [0.3, 0.4) is 0 Å². The van der Waals surface area contributed by atoms with Crippen molar-refractivity contribution < 1.29 is 0 Å². The first-order valence-corrected chi connectivity index (χ1v) is 7.09. The first-order chi connectivity index (χ1) is 8.70. The van der Waals surface area contributed by atoms with Crippen LogP contribution in [-0.4, -0.2) is 53.6 Å². The molecule has 100 valence electrons. The summed E-state index contributed by atoms with van der Waals surface area (Å²) in [6, 6.07) is 0.